The van der Waals surface area contributed by atoms with Crippen LogP contribution < -0.4 is 5.69 Å². The van der Waals surface area contributed by atoms with Crippen molar-refractivity contribution in [2.24, 2.45) is 7.05 Å². The van der Waals surface area contributed by atoms with Gasteiger partial charge in [-0.25, -0.2) is 9.59 Å². The first-order chi connectivity index (χ1) is 11.5. The zero-order chi connectivity index (χ0) is 17.3. The third kappa shape index (κ3) is 2.70. The molecule has 0 radical (unpaired) electrons. The maximum absolute atomic E-state index is 12.8. The van der Waals surface area contributed by atoms with Gasteiger partial charge >= 0.3 is 11.7 Å². The molecule has 0 saturated carbocycles. The number of aryl methyl sites for hydroxylation is 1. The van der Waals surface area contributed by atoms with Crippen LogP contribution >= 0.6 is 0 Å². The van der Waals surface area contributed by atoms with Gasteiger partial charge in [-0.05, 0) is 31.4 Å². The molecule has 0 spiro atoms. The minimum absolute atomic E-state index is 0.0757. The van der Waals surface area contributed by atoms with Gasteiger partial charge in [-0.1, -0.05) is 12.1 Å². The van der Waals surface area contributed by atoms with Crippen molar-refractivity contribution in [2.75, 3.05) is 13.7 Å². The Morgan fingerprint density at radius 2 is 1.92 bits per heavy atom. The van der Waals surface area contributed by atoms with Gasteiger partial charge in [-0.15, -0.1) is 0 Å². The molecule has 1 saturated heterocycles. The first-order valence-electron chi connectivity index (χ1n) is 8.06. The van der Waals surface area contributed by atoms with Crippen molar-refractivity contribution in [2.45, 2.75) is 31.8 Å². The summed E-state index contributed by atoms with van der Waals surface area (Å²) in [5, 5.41) is 0. The second kappa shape index (κ2) is 6.51. The highest BCUT2D eigenvalue weighted by atomic mass is 16.5. The fraction of sp³-hybridized carbons (Fsp3) is 0.471. The third-order valence-electron chi connectivity index (χ3n) is 4.64. The molecular formula is C17H21N3O4. The van der Waals surface area contributed by atoms with Crippen molar-refractivity contribution < 1.29 is 14.3 Å². The Kier molecular flexibility index (Phi) is 4.42. The van der Waals surface area contributed by atoms with E-state index in [0.717, 1.165) is 18.4 Å². The van der Waals surface area contributed by atoms with Gasteiger partial charge in [-0.3, -0.25) is 13.9 Å². The summed E-state index contributed by atoms with van der Waals surface area (Å²) in [6, 6.07) is 6.79. The normalized spacial score (nSPS) is 17.9. The second-order valence-corrected chi connectivity index (χ2v) is 6.04. The average molecular weight is 331 g/mol. The van der Waals surface area contributed by atoms with E-state index < -0.39 is 12.0 Å². The lowest BCUT2D eigenvalue weighted by Gasteiger charge is -2.33. The Bertz CT molecular complexity index is 836. The number of para-hydroxylation sites is 2. The summed E-state index contributed by atoms with van der Waals surface area (Å²) in [6.07, 6.45) is 2.34. The van der Waals surface area contributed by atoms with Crippen molar-refractivity contribution in [3.05, 3.63) is 34.7 Å². The van der Waals surface area contributed by atoms with Crippen LogP contribution in [0.1, 0.15) is 19.3 Å². The molecule has 0 bridgehead atoms. The number of hydrogen-bond donors (Lipinski definition) is 0. The Labute approximate surface area is 139 Å². The lowest BCUT2D eigenvalue weighted by molar-refractivity contribution is -0.154. The minimum Gasteiger partial charge on any atom is -0.467 e. The van der Waals surface area contributed by atoms with Gasteiger partial charge in [-0.2, -0.15) is 0 Å². The van der Waals surface area contributed by atoms with Crippen LogP contribution in [0.15, 0.2) is 29.1 Å². The number of ether oxygens (including phenoxy) is 1. The number of fused-ring (bicyclic) bond motifs is 1. The smallest absolute Gasteiger partial charge is 0.329 e. The Morgan fingerprint density at radius 1 is 1.21 bits per heavy atom. The number of nitrogens with zero attached hydrogens (tertiary/aromatic N) is 3. The second-order valence-electron chi connectivity index (χ2n) is 6.04. The molecule has 1 atom stereocenters. The molecule has 1 aliphatic heterocycles. The molecule has 1 fully saturated rings. The molecule has 0 N–H and O–H groups in total. The topological polar surface area (TPSA) is 73.5 Å². The SMILES string of the molecule is COC(=O)C1CCCCN1C(=O)Cn1c(=O)n(C)c2ccccc21. The summed E-state index contributed by atoms with van der Waals surface area (Å²) in [4.78, 5) is 38.7. The molecule has 1 aliphatic rings. The number of rotatable bonds is 3. The van der Waals surface area contributed by atoms with Crippen LogP contribution in [0.25, 0.3) is 11.0 Å². The van der Waals surface area contributed by atoms with E-state index >= 15 is 0 Å². The van der Waals surface area contributed by atoms with Crippen LogP contribution in [0.4, 0.5) is 0 Å². The number of hydrogen-bond acceptors (Lipinski definition) is 4. The van der Waals surface area contributed by atoms with Gasteiger partial charge < -0.3 is 9.64 Å². The van der Waals surface area contributed by atoms with E-state index in [2.05, 4.69) is 0 Å². The molecule has 2 aromatic rings. The van der Waals surface area contributed by atoms with Gasteiger partial charge in [0.1, 0.15) is 12.6 Å². The molecule has 7 heteroatoms. The number of benzene rings is 1. The average Bonchev–Trinajstić information content (AvgIpc) is 2.86. The predicted molar refractivity (Wildman–Crippen MR) is 88.5 cm³/mol. The summed E-state index contributed by atoms with van der Waals surface area (Å²) in [5.74, 6) is -0.628. The first-order valence-corrected chi connectivity index (χ1v) is 8.06. The summed E-state index contributed by atoms with van der Waals surface area (Å²) < 4.78 is 7.80. The number of amides is 1. The summed E-state index contributed by atoms with van der Waals surface area (Å²) in [6.45, 7) is 0.436. The van der Waals surface area contributed by atoms with E-state index in [1.165, 1.54) is 16.2 Å². The Balaban J connectivity index is 1.91. The molecule has 2 heterocycles. The van der Waals surface area contributed by atoms with Crippen molar-refractivity contribution in [3.8, 4) is 0 Å². The molecule has 1 amide bonds. The summed E-state index contributed by atoms with van der Waals surface area (Å²) in [5.41, 5.74) is 1.25. The molecule has 0 aliphatic carbocycles. The maximum atomic E-state index is 12.8. The molecular weight excluding hydrogens is 310 g/mol. The maximum Gasteiger partial charge on any atom is 0.329 e. The zero-order valence-electron chi connectivity index (χ0n) is 13.9. The van der Waals surface area contributed by atoms with Crippen LogP contribution in [0.5, 0.6) is 0 Å². The standard InChI is InChI=1S/C17H21N3O4/c1-18-12-7-3-4-8-13(12)20(17(18)23)11-15(21)19-10-6-5-9-14(19)16(22)24-2/h3-4,7-8,14H,5-6,9-11H2,1-2H3. The van der Waals surface area contributed by atoms with Crippen LogP contribution in [0, 0.1) is 0 Å². The summed E-state index contributed by atoms with van der Waals surface area (Å²) in [7, 11) is 3.01. The van der Waals surface area contributed by atoms with E-state index in [4.69, 9.17) is 4.74 Å². The fourth-order valence-corrected chi connectivity index (χ4v) is 3.35. The van der Waals surface area contributed by atoms with Gasteiger partial charge in [0.15, 0.2) is 0 Å². The monoisotopic (exact) mass is 331 g/mol. The molecule has 1 unspecified atom stereocenters. The lowest BCUT2D eigenvalue weighted by Crippen LogP contribution is -2.50. The quantitative estimate of drug-likeness (QED) is 0.783. The molecule has 7 nitrogen and oxygen atoms in total. The zero-order valence-corrected chi connectivity index (χ0v) is 13.9. The highest BCUT2D eigenvalue weighted by Gasteiger charge is 2.33. The Morgan fingerprint density at radius 3 is 2.62 bits per heavy atom. The van der Waals surface area contributed by atoms with Crippen molar-refractivity contribution >= 4 is 22.9 Å². The van der Waals surface area contributed by atoms with Gasteiger partial charge in [0.2, 0.25) is 5.91 Å². The van der Waals surface area contributed by atoms with E-state index in [1.54, 1.807) is 11.9 Å². The first kappa shape index (κ1) is 16.3. The number of carbonyl (C=O) groups is 2. The number of carbonyl (C=O) groups excluding carboxylic acids is 2. The Hall–Kier alpha value is -2.57. The number of aromatic nitrogens is 2. The predicted octanol–water partition coefficient (Wildman–Crippen LogP) is 0.894. The van der Waals surface area contributed by atoms with Crippen molar-refractivity contribution in [1.82, 2.24) is 14.0 Å². The van der Waals surface area contributed by atoms with Crippen molar-refractivity contribution in [1.29, 1.82) is 0 Å². The number of esters is 1. The molecule has 128 valence electrons. The highest BCUT2D eigenvalue weighted by molar-refractivity contribution is 5.86. The molecule has 1 aromatic heterocycles. The van der Waals surface area contributed by atoms with Gasteiger partial charge in [0.05, 0.1) is 18.1 Å². The van der Waals surface area contributed by atoms with Crippen LogP contribution in [-0.2, 0) is 27.9 Å². The van der Waals surface area contributed by atoms with Gasteiger partial charge in [0.25, 0.3) is 0 Å². The van der Waals surface area contributed by atoms with Gasteiger partial charge in [0, 0.05) is 13.6 Å². The number of imidazole rings is 1. The number of likely N-dealkylation sites (tertiary alicyclic amines) is 1. The largest absolute Gasteiger partial charge is 0.467 e. The van der Waals surface area contributed by atoms with Crippen LogP contribution in [0.2, 0.25) is 0 Å². The minimum atomic E-state index is -0.554. The molecule has 3 rings (SSSR count). The molecule has 1 aromatic carbocycles. The number of methoxy groups -OCH3 is 1. The summed E-state index contributed by atoms with van der Waals surface area (Å²) >= 11 is 0. The van der Waals surface area contributed by atoms with E-state index in [-0.39, 0.29) is 18.1 Å². The van der Waals surface area contributed by atoms with Crippen LogP contribution in [0.3, 0.4) is 0 Å². The lowest BCUT2D eigenvalue weighted by atomic mass is 10.0. The molecule has 24 heavy (non-hydrogen) atoms. The van der Waals surface area contributed by atoms with E-state index in [1.807, 2.05) is 24.3 Å². The van der Waals surface area contributed by atoms with E-state index in [9.17, 15) is 14.4 Å². The van der Waals surface area contributed by atoms with Crippen LogP contribution in [-0.4, -0.2) is 45.6 Å². The third-order valence-corrected chi connectivity index (χ3v) is 4.64. The fourth-order valence-electron chi connectivity index (χ4n) is 3.35. The van der Waals surface area contributed by atoms with E-state index in [0.29, 0.717) is 18.5 Å². The highest BCUT2D eigenvalue weighted by Crippen LogP contribution is 2.19. The number of piperidine rings is 1. The van der Waals surface area contributed by atoms with Crippen molar-refractivity contribution in [3.63, 3.8) is 0 Å².